The molecule has 0 spiro atoms. The molecular formula is C88H104ClN11O25. The second-order valence-corrected chi connectivity index (χ2v) is 35.8. The Balaban J connectivity index is 1.000. The largest absolute Gasteiger partial charge is 0.508 e. The Morgan fingerprint density at radius 3 is 1.86 bits per heavy atom. The maximum absolute atomic E-state index is 16.6. The molecule has 6 heterocycles. The number of amides is 12. The maximum Gasteiger partial charge on any atom is 0.410 e. The van der Waals surface area contributed by atoms with E-state index < -0.39 is 226 Å². The maximum atomic E-state index is 16.6. The van der Waals surface area contributed by atoms with Crippen molar-refractivity contribution >= 4 is 77.1 Å². The Morgan fingerprint density at radius 1 is 0.608 bits per heavy atom. The molecule has 10 aliphatic rings. The fraction of sp³-hybridized carbons (Fsp3) is 0.466. The first kappa shape index (κ1) is 90.7. The molecule has 18 N–H and O–H groups in total. The number of phenolic OH excluding ortho intramolecular Hbond substituents is 3. The summed E-state index contributed by atoms with van der Waals surface area (Å²) in [6, 6.07) is 6.84. The molecule has 15 bridgehead atoms. The van der Waals surface area contributed by atoms with Crippen molar-refractivity contribution in [3.63, 3.8) is 0 Å². The molecule has 1 unspecified atom stereocenters. The molecule has 36 nitrogen and oxygen atoms in total. The first-order chi connectivity index (χ1) is 59.0. The van der Waals surface area contributed by atoms with E-state index in [1.54, 1.807) is 85.7 Å². The number of fused-ring (bicyclic) bond motifs is 15. The van der Waals surface area contributed by atoms with Gasteiger partial charge in [-0.15, -0.1) is 0 Å². The summed E-state index contributed by atoms with van der Waals surface area (Å²) in [7, 11) is 1.28. The number of carbonyl (C=O) groups excluding carboxylic acids is 11. The summed E-state index contributed by atoms with van der Waals surface area (Å²) < 4.78 is 37.3. The van der Waals surface area contributed by atoms with Gasteiger partial charge in [0.2, 0.25) is 59.3 Å². The van der Waals surface area contributed by atoms with Crippen LogP contribution in [0, 0.1) is 36.5 Å². The summed E-state index contributed by atoms with van der Waals surface area (Å²) in [5.74, 6) is -14.0. The number of alkyl carbamates (subject to hydrolysis) is 1. The summed E-state index contributed by atoms with van der Waals surface area (Å²) in [5, 5.41) is 122. The quantitative estimate of drug-likeness (QED) is 0.0552. The van der Waals surface area contributed by atoms with Gasteiger partial charge in [0.25, 0.3) is 0 Å². The Bertz CT molecular complexity index is 5150. The van der Waals surface area contributed by atoms with Crippen molar-refractivity contribution in [2.24, 2.45) is 29.6 Å². The number of aliphatic hydroxyl groups is 5. The number of phenols is 3. The molecule has 125 heavy (non-hydrogen) atoms. The highest BCUT2D eigenvalue weighted by atomic mass is 35.5. The molecule has 5 fully saturated rings. The lowest BCUT2D eigenvalue weighted by atomic mass is 9.54. The first-order valence-electron chi connectivity index (χ1n) is 41.2. The van der Waals surface area contributed by atoms with Gasteiger partial charge in [0.15, 0.2) is 11.5 Å². The number of ether oxygens (including phenoxy) is 6. The van der Waals surface area contributed by atoms with Gasteiger partial charge in [0.05, 0.1) is 11.4 Å². The molecule has 4 aliphatic carbocycles. The number of aromatic hydroxyl groups is 3. The number of imide groups is 1. The minimum absolute atomic E-state index is 0.0516. The van der Waals surface area contributed by atoms with Crippen molar-refractivity contribution in [3.05, 3.63) is 153 Å². The van der Waals surface area contributed by atoms with Gasteiger partial charge in [0.1, 0.15) is 119 Å². The number of halogens is 1. The molecule has 6 aliphatic heterocycles. The van der Waals surface area contributed by atoms with Crippen molar-refractivity contribution in [1.82, 2.24) is 58.1 Å². The Morgan fingerprint density at radius 2 is 1.22 bits per heavy atom. The van der Waals surface area contributed by atoms with Crippen LogP contribution >= 0.6 is 11.6 Å². The molecule has 1 saturated heterocycles. The zero-order valence-electron chi connectivity index (χ0n) is 70.1. The number of rotatable bonds is 15. The number of likely N-dealkylation sites (N-methyl/N-ethyl adjacent to an activating group) is 1. The number of benzene rings is 6. The number of urea groups is 1. The molecule has 0 aromatic heterocycles. The molecule has 668 valence electrons. The number of aryl methyl sites for hydroxylation is 1. The predicted molar refractivity (Wildman–Crippen MR) is 444 cm³/mol. The zero-order valence-corrected chi connectivity index (χ0v) is 70.9. The molecule has 12 amide bonds. The van der Waals surface area contributed by atoms with Gasteiger partial charge in [-0.1, -0.05) is 74.0 Å². The van der Waals surface area contributed by atoms with Crippen LogP contribution in [0.5, 0.6) is 46.0 Å². The molecule has 4 saturated carbocycles. The van der Waals surface area contributed by atoms with Crippen molar-refractivity contribution in [1.29, 1.82) is 0 Å². The van der Waals surface area contributed by atoms with Crippen LogP contribution in [0.3, 0.4) is 0 Å². The summed E-state index contributed by atoms with van der Waals surface area (Å²) in [6.45, 7) is 13.8. The van der Waals surface area contributed by atoms with Gasteiger partial charge < -0.3 is 117 Å². The second-order valence-electron chi connectivity index (χ2n) is 35.4. The van der Waals surface area contributed by atoms with E-state index in [1.165, 1.54) is 44.3 Å². The number of aliphatic hydroxyl groups excluding tert-OH is 5. The third-order valence-electron chi connectivity index (χ3n) is 23.2. The molecular weight excluding hydrogens is 1650 g/mol. The van der Waals surface area contributed by atoms with E-state index in [-0.39, 0.29) is 81.2 Å². The second kappa shape index (κ2) is 37.0. The van der Waals surface area contributed by atoms with E-state index in [1.807, 2.05) is 0 Å². The van der Waals surface area contributed by atoms with E-state index in [9.17, 15) is 60.0 Å². The van der Waals surface area contributed by atoms with E-state index in [0.717, 1.165) is 85.5 Å². The lowest BCUT2D eigenvalue weighted by Crippen LogP contribution is -2.61. The monoisotopic (exact) mass is 1750 g/mol. The van der Waals surface area contributed by atoms with Gasteiger partial charge in [-0.25, -0.2) is 14.4 Å². The molecule has 6 aromatic rings. The SMILES string of the molecule is Cc1cc2ccc1Oc1cc3cc(c1O[C@@H]1O[C@H](CNC(=O)OC(C)(C)C)[C@@H](O)[C@H](O)[C@H]1O)Oc1ccc(cc1Cl)[C@@H](O)[C@@H]1NC(=O)[C@H](NC(=O)C3NC(=O)[C@H](CC(=O)NC(=O)NCc3ccccc3)NC(=O)[C@H](NC(=O)[C@@H](CC(C)C)N(C)C(=O)OC(C)(C)C)[C@@H]2O)c2ccc(O)c(c2)-c2c(O)cc(O)cc2[C@@H](C(=O)NC2C3CC4CC(C3)CC2C4)NC1=O. The topological polar surface area (TPSA) is 529 Å². The molecule has 14 atom stereocenters. The highest BCUT2D eigenvalue weighted by molar-refractivity contribution is 6.32. The molecule has 37 heteroatoms. The Kier molecular flexibility index (Phi) is 26.8. The van der Waals surface area contributed by atoms with Crippen molar-refractivity contribution in [2.45, 2.75) is 216 Å². The molecule has 6 aromatic carbocycles. The average molecular weight is 1750 g/mol. The smallest absolute Gasteiger partial charge is 0.410 e. The normalized spacial score (nSPS) is 26.7. The van der Waals surface area contributed by atoms with E-state index in [4.69, 9.17) is 40.0 Å². The third kappa shape index (κ3) is 20.8. The zero-order chi connectivity index (χ0) is 90.3. The summed E-state index contributed by atoms with van der Waals surface area (Å²) in [6.07, 6.45) is -13.4. The number of hydrogen-bond acceptors (Lipinski definition) is 25. The lowest BCUT2D eigenvalue weighted by molar-refractivity contribution is -0.270. The lowest BCUT2D eigenvalue weighted by Gasteiger charge is -2.54. The number of carbonyl (C=O) groups is 11. The van der Waals surface area contributed by atoms with Crippen LogP contribution in [-0.4, -0.2) is 197 Å². The fourth-order valence-electron chi connectivity index (χ4n) is 17.4. The van der Waals surface area contributed by atoms with Crippen LogP contribution in [0.4, 0.5) is 14.4 Å². The van der Waals surface area contributed by atoms with Crippen molar-refractivity contribution in [3.8, 4) is 57.1 Å². The van der Waals surface area contributed by atoms with Crippen molar-refractivity contribution < 1.29 is 122 Å². The van der Waals surface area contributed by atoms with Gasteiger partial charge in [0, 0.05) is 43.4 Å². The van der Waals surface area contributed by atoms with Crippen LogP contribution in [0.25, 0.3) is 11.1 Å². The fourth-order valence-corrected chi connectivity index (χ4v) is 17.6. The van der Waals surface area contributed by atoms with E-state index >= 15 is 33.6 Å². The molecule has 16 rings (SSSR count). The third-order valence-corrected chi connectivity index (χ3v) is 23.5. The predicted octanol–water partition coefficient (Wildman–Crippen LogP) is 6.10. The summed E-state index contributed by atoms with van der Waals surface area (Å²) in [5.41, 5.74) is -3.66. The van der Waals surface area contributed by atoms with Crippen LogP contribution in [0.1, 0.15) is 170 Å². The van der Waals surface area contributed by atoms with Crippen LogP contribution in [-0.2, 0) is 59.1 Å². The standard InChI is InChI=1S/C88H104ClN11O25/c1-38(2)22-54(100(10)86(119)125-88(7,8)9)77(111)98-68-70(105)44-17-20-57(39(3)23-44)120-59-31-48-32-60(75(59)123-83-74(109)73(108)72(107)61(122-83)37-91-85(118)124-87(4,5)6)121-58-21-18-45(30-52(58)89)71(106)69-82(116)97-67(80(114)94-64-46-25-41-24-42(27-46)28-47(64)26-41)51-33-49(101)34-56(103)63(51)50-29-43(16-19-55(50)102)65(78(112)99-69)96-79(113)66(48)95-76(110)53(92-81(68)115)35-62(104)93-84(117)90-36-40-14-12-11-13-15-40/h11-21,23,29-34,38,41-42,46-47,53-54,61,64-74,83,101-103,105-109H,22,24-28,35-37H2,1-10H3,(H,91,118)(H,92,115)(H,94,114)(H,95,110)(H,96,113)(H,97,116)(H,98,111)(H,99,112)(H2,90,93,104,117)/t41?,42?,46?,47?,53-,54+,61+,64?,65+,66?,67-,68+,69-,70+,71+,72+,73-,74+,83-/m0/s1. The van der Waals surface area contributed by atoms with Crippen molar-refractivity contribution in [2.75, 3.05) is 13.6 Å². The van der Waals surface area contributed by atoms with Gasteiger partial charge in [-0.05, 0) is 210 Å². The average Bonchev–Trinajstić information content (AvgIpc) is 0.756. The van der Waals surface area contributed by atoms with Crippen LogP contribution in [0.15, 0.2) is 109 Å². The van der Waals surface area contributed by atoms with E-state index in [0.29, 0.717) is 17.4 Å². The number of nitrogens with one attached hydrogen (secondary N) is 10. The number of nitrogens with zero attached hydrogens (tertiary/aromatic N) is 1. The Labute approximate surface area is 723 Å². The molecule has 0 radical (unpaired) electrons. The van der Waals surface area contributed by atoms with Crippen LogP contribution in [0.2, 0.25) is 5.02 Å². The minimum Gasteiger partial charge on any atom is -0.508 e. The highest BCUT2D eigenvalue weighted by Crippen LogP contribution is 2.55. The van der Waals surface area contributed by atoms with Gasteiger partial charge in [-0.3, -0.25) is 48.6 Å². The van der Waals surface area contributed by atoms with Gasteiger partial charge in [-0.2, -0.15) is 0 Å². The number of hydrogen-bond donors (Lipinski definition) is 18. The Hall–Kier alpha value is -12.1. The minimum atomic E-state index is -2.42. The summed E-state index contributed by atoms with van der Waals surface area (Å²) >= 11 is 7.24. The summed E-state index contributed by atoms with van der Waals surface area (Å²) in [4.78, 5) is 167. The highest BCUT2D eigenvalue weighted by Gasteiger charge is 2.52. The van der Waals surface area contributed by atoms with Crippen LogP contribution < -0.4 is 67.4 Å². The first-order valence-corrected chi connectivity index (χ1v) is 41.6. The van der Waals surface area contributed by atoms with E-state index in [2.05, 4.69) is 53.2 Å². The van der Waals surface area contributed by atoms with Gasteiger partial charge >= 0.3 is 18.2 Å².